The molecule has 1 saturated heterocycles. The van der Waals surface area contributed by atoms with Crippen LogP contribution in [0.3, 0.4) is 0 Å². The Morgan fingerprint density at radius 3 is 2.48 bits per heavy atom. The fourth-order valence-corrected chi connectivity index (χ4v) is 4.02. The molecule has 0 saturated carbocycles. The Balaban J connectivity index is 1.80. The van der Waals surface area contributed by atoms with Crippen LogP contribution in [0.25, 0.3) is 6.08 Å². The van der Waals surface area contributed by atoms with Crippen LogP contribution in [-0.2, 0) is 11.4 Å². The lowest BCUT2D eigenvalue weighted by atomic mass is 10.2. The van der Waals surface area contributed by atoms with Gasteiger partial charge in [-0.05, 0) is 60.2 Å². The molecular formula is C19H14Cl2FNO3S. The topological polar surface area (TPSA) is 46.6 Å². The molecule has 1 aliphatic heterocycles. The molecule has 0 bridgehead atoms. The lowest BCUT2D eigenvalue weighted by molar-refractivity contribution is -0.122. The zero-order valence-corrected chi connectivity index (χ0v) is 16.5. The van der Waals surface area contributed by atoms with Gasteiger partial charge in [-0.25, -0.2) is 4.39 Å². The van der Waals surface area contributed by atoms with Crippen LogP contribution in [-0.4, -0.2) is 22.6 Å². The summed E-state index contributed by atoms with van der Waals surface area (Å²) in [6.45, 7) is 2.15. The highest BCUT2D eigenvalue weighted by Crippen LogP contribution is 2.37. The molecule has 0 radical (unpaired) electrons. The summed E-state index contributed by atoms with van der Waals surface area (Å²) >= 11 is 13.4. The third-order valence-electron chi connectivity index (χ3n) is 3.78. The van der Waals surface area contributed by atoms with E-state index in [-0.39, 0.29) is 39.4 Å². The Labute approximate surface area is 169 Å². The van der Waals surface area contributed by atoms with Crippen LogP contribution < -0.4 is 4.74 Å². The van der Waals surface area contributed by atoms with Gasteiger partial charge < -0.3 is 4.74 Å². The Hall–Kier alpha value is -2.02. The molecule has 0 N–H and O–H groups in total. The van der Waals surface area contributed by atoms with Crippen molar-refractivity contribution >= 4 is 52.2 Å². The molecule has 3 rings (SSSR count). The second-order valence-corrected chi connectivity index (χ2v) is 7.47. The number of hydrogen-bond donors (Lipinski definition) is 0. The first-order valence-electron chi connectivity index (χ1n) is 8.00. The average Bonchev–Trinajstić information content (AvgIpc) is 2.87. The van der Waals surface area contributed by atoms with Crippen molar-refractivity contribution in [3.63, 3.8) is 0 Å². The average molecular weight is 426 g/mol. The number of imide groups is 1. The van der Waals surface area contributed by atoms with Crippen LogP contribution in [0.1, 0.15) is 18.1 Å². The minimum Gasteiger partial charge on any atom is -0.486 e. The zero-order chi connectivity index (χ0) is 19.6. The SMILES string of the molecule is CCN1C(=O)SC(=Cc2cc(Cl)c(OCc3cccc(F)c3)c(Cl)c2)C1=O. The highest BCUT2D eigenvalue weighted by atomic mass is 35.5. The first-order valence-corrected chi connectivity index (χ1v) is 9.58. The molecule has 2 amide bonds. The molecule has 0 spiro atoms. The van der Waals surface area contributed by atoms with Gasteiger partial charge in [0.25, 0.3) is 11.1 Å². The lowest BCUT2D eigenvalue weighted by Gasteiger charge is -2.11. The number of hydrogen-bond acceptors (Lipinski definition) is 4. The second-order valence-electron chi connectivity index (χ2n) is 5.66. The summed E-state index contributed by atoms with van der Waals surface area (Å²) in [6.07, 6.45) is 1.56. The predicted molar refractivity (Wildman–Crippen MR) is 106 cm³/mol. The third kappa shape index (κ3) is 4.46. The van der Waals surface area contributed by atoms with Crippen LogP contribution in [0.15, 0.2) is 41.3 Å². The van der Waals surface area contributed by atoms with Crippen molar-refractivity contribution < 1.29 is 18.7 Å². The Kier molecular flexibility index (Phi) is 6.09. The molecule has 1 heterocycles. The van der Waals surface area contributed by atoms with Crippen LogP contribution in [0.2, 0.25) is 10.0 Å². The number of carbonyl (C=O) groups excluding carboxylic acids is 2. The zero-order valence-electron chi connectivity index (χ0n) is 14.2. The smallest absolute Gasteiger partial charge is 0.293 e. The van der Waals surface area contributed by atoms with Gasteiger partial charge in [0.15, 0.2) is 5.75 Å². The van der Waals surface area contributed by atoms with Gasteiger partial charge in [-0.2, -0.15) is 0 Å². The maximum Gasteiger partial charge on any atom is 0.293 e. The highest BCUT2D eigenvalue weighted by Gasteiger charge is 2.33. The maximum atomic E-state index is 13.2. The minimum absolute atomic E-state index is 0.103. The van der Waals surface area contributed by atoms with Gasteiger partial charge in [0.2, 0.25) is 0 Å². The second kappa shape index (κ2) is 8.33. The monoisotopic (exact) mass is 425 g/mol. The van der Waals surface area contributed by atoms with E-state index in [0.717, 1.165) is 16.7 Å². The molecule has 2 aromatic rings. The van der Waals surface area contributed by atoms with Crippen molar-refractivity contribution in [3.05, 3.63) is 68.3 Å². The van der Waals surface area contributed by atoms with E-state index in [1.165, 1.54) is 12.1 Å². The first-order chi connectivity index (χ1) is 12.9. The molecule has 2 aromatic carbocycles. The molecule has 0 unspecified atom stereocenters. The Morgan fingerprint density at radius 1 is 1.19 bits per heavy atom. The van der Waals surface area contributed by atoms with Crippen molar-refractivity contribution in [1.29, 1.82) is 0 Å². The van der Waals surface area contributed by atoms with E-state index >= 15 is 0 Å². The largest absolute Gasteiger partial charge is 0.486 e. The highest BCUT2D eigenvalue weighted by molar-refractivity contribution is 8.18. The summed E-state index contributed by atoms with van der Waals surface area (Å²) in [5, 5.41) is 0.195. The van der Waals surface area contributed by atoms with E-state index in [9.17, 15) is 14.0 Å². The van der Waals surface area contributed by atoms with Crippen molar-refractivity contribution in [2.75, 3.05) is 6.54 Å². The molecule has 1 aliphatic rings. The van der Waals surface area contributed by atoms with Gasteiger partial charge >= 0.3 is 0 Å². The molecule has 1 fully saturated rings. The van der Waals surface area contributed by atoms with E-state index < -0.39 is 0 Å². The number of ether oxygens (including phenoxy) is 1. The van der Waals surface area contributed by atoms with Crippen molar-refractivity contribution in [2.45, 2.75) is 13.5 Å². The van der Waals surface area contributed by atoms with Crippen LogP contribution in [0.5, 0.6) is 5.75 Å². The number of carbonyl (C=O) groups is 2. The maximum absolute atomic E-state index is 13.2. The van der Waals surface area contributed by atoms with Crippen LogP contribution >= 0.6 is 35.0 Å². The summed E-state index contributed by atoms with van der Waals surface area (Å²) in [5.74, 6) is -0.433. The van der Waals surface area contributed by atoms with Gasteiger partial charge in [-0.1, -0.05) is 35.3 Å². The summed E-state index contributed by atoms with van der Waals surface area (Å²) in [6, 6.07) is 9.20. The normalized spacial score (nSPS) is 15.7. The summed E-state index contributed by atoms with van der Waals surface area (Å²) in [7, 11) is 0. The Morgan fingerprint density at radius 2 is 1.89 bits per heavy atom. The molecular weight excluding hydrogens is 412 g/mol. The molecule has 140 valence electrons. The van der Waals surface area contributed by atoms with Crippen molar-refractivity contribution in [3.8, 4) is 5.75 Å². The summed E-state index contributed by atoms with van der Waals surface area (Å²) in [4.78, 5) is 25.4. The number of nitrogens with zero attached hydrogens (tertiary/aromatic N) is 1. The van der Waals surface area contributed by atoms with Crippen LogP contribution in [0.4, 0.5) is 9.18 Å². The van der Waals surface area contributed by atoms with Gasteiger partial charge in [-0.3, -0.25) is 14.5 Å². The molecule has 0 aliphatic carbocycles. The van der Waals surface area contributed by atoms with E-state index in [0.29, 0.717) is 22.6 Å². The number of benzene rings is 2. The summed E-state index contributed by atoms with van der Waals surface area (Å²) < 4.78 is 18.9. The fourth-order valence-electron chi connectivity index (χ4n) is 2.51. The summed E-state index contributed by atoms with van der Waals surface area (Å²) in [5.41, 5.74) is 1.21. The van der Waals surface area contributed by atoms with E-state index in [2.05, 4.69) is 0 Å². The first kappa shape index (κ1) is 19.7. The quantitative estimate of drug-likeness (QED) is 0.570. The molecule has 8 heteroatoms. The molecule has 27 heavy (non-hydrogen) atoms. The number of rotatable bonds is 5. The van der Waals surface area contributed by atoms with Gasteiger partial charge in [0, 0.05) is 6.54 Å². The van der Waals surface area contributed by atoms with E-state index in [1.54, 1.807) is 37.3 Å². The fraction of sp³-hybridized carbons (Fsp3) is 0.158. The lowest BCUT2D eigenvalue weighted by Crippen LogP contribution is -2.27. The third-order valence-corrected chi connectivity index (χ3v) is 5.25. The van der Waals surface area contributed by atoms with E-state index in [4.69, 9.17) is 27.9 Å². The predicted octanol–water partition coefficient (Wildman–Crippen LogP) is 5.77. The van der Waals surface area contributed by atoms with Gasteiger partial charge in [0.1, 0.15) is 12.4 Å². The number of amides is 2. The Bertz CT molecular complexity index is 925. The van der Waals surface area contributed by atoms with Crippen molar-refractivity contribution in [1.82, 2.24) is 4.90 Å². The van der Waals surface area contributed by atoms with Gasteiger partial charge in [0.05, 0.1) is 15.0 Å². The van der Waals surface area contributed by atoms with Crippen molar-refractivity contribution in [2.24, 2.45) is 0 Å². The molecule has 4 nitrogen and oxygen atoms in total. The van der Waals surface area contributed by atoms with E-state index in [1.807, 2.05) is 0 Å². The standard InChI is InChI=1S/C19H14Cl2FNO3S/c1-2-23-18(24)16(27-19(23)25)9-12-7-14(20)17(15(21)8-12)26-10-11-4-3-5-13(22)6-11/h3-9H,2,10H2,1H3. The number of likely N-dealkylation sites (N-methyl/N-ethyl adjacent to an activating group) is 1. The van der Waals surface area contributed by atoms with Gasteiger partial charge in [-0.15, -0.1) is 0 Å². The number of halogens is 3. The molecule has 0 atom stereocenters. The number of thioether (sulfide) groups is 1. The molecule has 0 aromatic heterocycles. The minimum atomic E-state index is -0.357. The van der Waals surface area contributed by atoms with Crippen LogP contribution in [0, 0.1) is 5.82 Å².